The van der Waals surface area contributed by atoms with Crippen molar-refractivity contribution in [3.8, 4) is 5.69 Å². The second kappa shape index (κ2) is 3.76. The van der Waals surface area contributed by atoms with E-state index in [-0.39, 0.29) is 0 Å². The smallest absolute Gasteiger partial charge is 0.0994 e. The summed E-state index contributed by atoms with van der Waals surface area (Å²) in [5.41, 5.74) is 3.80. The molecule has 0 spiro atoms. The molecule has 2 aromatic rings. The molecule has 1 fully saturated rings. The van der Waals surface area contributed by atoms with Gasteiger partial charge in [0.1, 0.15) is 0 Å². The number of aromatic nitrogens is 2. The predicted molar refractivity (Wildman–Crippen MR) is 63.9 cm³/mol. The number of nitrogens with one attached hydrogen (secondary N) is 1. The second-order valence-corrected chi connectivity index (χ2v) is 4.38. The van der Waals surface area contributed by atoms with Crippen LogP contribution in [0.15, 0.2) is 36.8 Å². The van der Waals surface area contributed by atoms with Crippen LogP contribution in [0.5, 0.6) is 0 Å². The molecule has 16 heavy (non-hydrogen) atoms. The third-order valence-corrected chi connectivity index (χ3v) is 3.15. The Morgan fingerprint density at radius 3 is 2.94 bits per heavy atom. The lowest BCUT2D eigenvalue weighted by Gasteiger charge is -2.27. The molecular formula is C13H15N3. The summed E-state index contributed by atoms with van der Waals surface area (Å²) >= 11 is 0. The number of imidazole rings is 1. The van der Waals surface area contributed by atoms with Crippen LogP contribution < -0.4 is 5.32 Å². The van der Waals surface area contributed by atoms with Gasteiger partial charge in [-0.3, -0.25) is 0 Å². The average Bonchev–Trinajstić information content (AvgIpc) is 2.64. The fraction of sp³-hybridized carbons (Fsp3) is 0.308. The Labute approximate surface area is 95.1 Å². The van der Waals surface area contributed by atoms with Crippen LogP contribution in [-0.4, -0.2) is 22.6 Å². The van der Waals surface area contributed by atoms with Gasteiger partial charge in [-0.15, -0.1) is 0 Å². The number of nitrogens with zero attached hydrogens (tertiary/aromatic N) is 2. The lowest BCUT2D eigenvalue weighted by Crippen LogP contribution is -2.40. The Kier molecular flexibility index (Phi) is 2.26. The first-order valence-electron chi connectivity index (χ1n) is 5.64. The summed E-state index contributed by atoms with van der Waals surface area (Å²) < 4.78 is 2.19. The summed E-state index contributed by atoms with van der Waals surface area (Å²) in [6.07, 6.45) is 3.89. The van der Waals surface area contributed by atoms with E-state index in [1.807, 2.05) is 12.5 Å². The maximum Gasteiger partial charge on any atom is 0.0994 e. The Balaban J connectivity index is 2.02. The lowest BCUT2D eigenvalue weighted by atomic mass is 9.99. The van der Waals surface area contributed by atoms with Gasteiger partial charge in [0.15, 0.2) is 0 Å². The van der Waals surface area contributed by atoms with Gasteiger partial charge >= 0.3 is 0 Å². The van der Waals surface area contributed by atoms with Crippen LogP contribution in [-0.2, 0) is 0 Å². The molecule has 0 radical (unpaired) electrons. The van der Waals surface area contributed by atoms with E-state index in [1.54, 1.807) is 0 Å². The fourth-order valence-electron chi connectivity index (χ4n) is 2.10. The van der Waals surface area contributed by atoms with E-state index in [4.69, 9.17) is 0 Å². The summed E-state index contributed by atoms with van der Waals surface area (Å²) in [6, 6.07) is 8.53. The van der Waals surface area contributed by atoms with Crippen LogP contribution in [0.25, 0.3) is 5.69 Å². The minimum atomic E-state index is 0.614. The monoisotopic (exact) mass is 213 g/mol. The Morgan fingerprint density at radius 1 is 1.38 bits per heavy atom. The lowest BCUT2D eigenvalue weighted by molar-refractivity contribution is 0.435. The molecule has 1 N–H and O–H groups in total. The van der Waals surface area contributed by atoms with E-state index in [0.29, 0.717) is 5.92 Å². The Morgan fingerprint density at radius 2 is 2.25 bits per heavy atom. The molecule has 0 unspecified atom stereocenters. The van der Waals surface area contributed by atoms with Crippen molar-refractivity contribution in [2.45, 2.75) is 12.8 Å². The molecule has 0 atom stereocenters. The quantitative estimate of drug-likeness (QED) is 0.825. The van der Waals surface area contributed by atoms with Gasteiger partial charge in [-0.05, 0) is 24.6 Å². The van der Waals surface area contributed by atoms with E-state index in [2.05, 4.69) is 46.1 Å². The zero-order chi connectivity index (χ0) is 11.0. The van der Waals surface area contributed by atoms with Crippen LogP contribution in [0.1, 0.15) is 17.2 Å². The van der Waals surface area contributed by atoms with Crippen LogP contribution in [0.4, 0.5) is 0 Å². The number of hydrogen-bond donors (Lipinski definition) is 1. The van der Waals surface area contributed by atoms with Gasteiger partial charge in [0.05, 0.1) is 6.33 Å². The third-order valence-electron chi connectivity index (χ3n) is 3.15. The predicted octanol–water partition coefficient (Wildman–Crippen LogP) is 1.87. The second-order valence-electron chi connectivity index (χ2n) is 4.38. The minimum absolute atomic E-state index is 0.614. The van der Waals surface area contributed by atoms with E-state index in [9.17, 15) is 0 Å². The van der Waals surface area contributed by atoms with Crippen molar-refractivity contribution in [1.29, 1.82) is 0 Å². The van der Waals surface area contributed by atoms with Crippen LogP contribution in [0.2, 0.25) is 0 Å². The zero-order valence-corrected chi connectivity index (χ0v) is 9.35. The van der Waals surface area contributed by atoms with Gasteiger partial charge < -0.3 is 9.88 Å². The molecule has 2 heterocycles. The maximum atomic E-state index is 4.27. The van der Waals surface area contributed by atoms with Gasteiger partial charge in [-0.1, -0.05) is 12.1 Å². The molecule has 0 amide bonds. The topological polar surface area (TPSA) is 29.9 Å². The fourth-order valence-corrected chi connectivity index (χ4v) is 2.10. The van der Waals surface area contributed by atoms with Crippen LogP contribution in [0.3, 0.4) is 0 Å². The highest BCUT2D eigenvalue weighted by atomic mass is 15.1. The first kappa shape index (κ1) is 9.60. The van der Waals surface area contributed by atoms with Gasteiger partial charge in [-0.2, -0.15) is 0 Å². The summed E-state index contributed by atoms with van der Waals surface area (Å²) in [5.74, 6) is 0.614. The van der Waals surface area contributed by atoms with Crippen molar-refractivity contribution in [2.24, 2.45) is 0 Å². The van der Waals surface area contributed by atoms with Crippen molar-refractivity contribution in [1.82, 2.24) is 14.9 Å². The molecule has 82 valence electrons. The van der Waals surface area contributed by atoms with E-state index < -0.39 is 0 Å². The number of aryl methyl sites for hydroxylation is 1. The normalized spacial score (nSPS) is 16.1. The third kappa shape index (κ3) is 1.53. The molecule has 1 saturated heterocycles. The average molecular weight is 213 g/mol. The highest BCUT2D eigenvalue weighted by Crippen LogP contribution is 2.22. The van der Waals surface area contributed by atoms with E-state index in [0.717, 1.165) is 13.1 Å². The van der Waals surface area contributed by atoms with Gasteiger partial charge in [-0.25, -0.2) is 4.98 Å². The summed E-state index contributed by atoms with van der Waals surface area (Å²) in [5, 5.41) is 3.30. The summed E-state index contributed by atoms with van der Waals surface area (Å²) in [4.78, 5) is 4.27. The number of hydrogen-bond acceptors (Lipinski definition) is 2. The largest absolute Gasteiger partial charge is 0.315 e. The summed E-state index contributed by atoms with van der Waals surface area (Å²) in [7, 11) is 0. The standard InChI is InChI=1S/C13H15N3/c1-10-3-2-4-12(5-10)16-9-15-8-13(16)11-6-14-7-11/h2-5,8-9,11,14H,6-7H2,1H3. The summed E-state index contributed by atoms with van der Waals surface area (Å²) in [6.45, 7) is 4.25. The van der Waals surface area contributed by atoms with Crippen LogP contribution in [0, 0.1) is 6.92 Å². The Hall–Kier alpha value is -1.61. The molecule has 1 aliphatic rings. The molecule has 1 aromatic heterocycles. The molecule has 3 nitrogen and oxygen atoms in total. The molecule has 3 heteroatoms. The molecule has 0 aliphatic carbocycles. The molecule has 1 aromatic carbocycles. The Bertz CT molecular complexity index is 497. The van der Waals surface area contributed by atoms with Crippen molar-refractivity contribution in [3.63, 3.8) is 0 Å². The van der Waals surface area contributed by atoms with Crippen molar-refractivity contribution in [2.75, 3.05) is 13.1 Å². The number of benzene rings is 1. The van der Waals surface area contributed by atoms with E-state index >= 15 is 0 Å². The van der Waals surface area contributed by atoms with E-state index in [1.165, 1.54) is 16.9 Å². The molecule has 1 aliphatic heterocycles. The first-order valence-corrected chi connectivity index (χ1v) is 5.64. The molecular weight excluding hydrogens is 198 g/mol. The van der Waals surface area contributed by atoms with Gasteiger partial charge in [0, 0.05) is 36.6 Å². The first-order chi connectivity index (χ1) is 7.84. The SMILES string of the molecule is Cc1cccc(-n2cncc2C2CNC2)c1. The highest BCUT2D eigenvalue weighted by molar-refractivity contribution is 5.38. The van der Waals surface area contributed by atoms with Crippen LogP contribution >= 0.6 is 0 Å². The van der Waals surface area contributed by atoms with Gasteiger partial charge in [0.2, 0.25) is 0 Å². The van der Waals surface area contributed by atoms with Crippen molar-refractivity contribution < 1.29 is 0 Å². The zero-order valence-electron chi connectivity index (χ0n) is 9.35. The molecule has 0 saturated carbocycles. The van der Waals surface area contributed by atoms with Crippen molar-refractivity contribution in [3.05, 3.63) is 48.0 Å². The van der Waals surface area contributed by atoms with Gasteiger partial charge in [0.25, 0.3) is 0 Å². The molecule has 0 bridgehead atoms. The highest BCUT2D eigenvalue weighted by Gasteiger charge is 2.22. The maximum absolute atomic E-state index is 4.27. The number of rotatable bonds is 2. The van der Waals surface area contributed by atoms with Crippen molar-refractivity contribution >= 4 is 0 Å². The minimum Gasteiger partial charge on any atom is -0.315 e. The molecule has 3 rings (SSSR count).